The molecule has 0 saturated heterocycles. The lowest BCUT2D eigenvalue weighted by molar-refractivity contribution is -0.145. The molecule has 20 heavy (non-hydrogen) atoms. The van der Waals surface area contributed by atoms with Crippen LogP contribution in [0.15, 0.2) is 24.3 Å². The average molecular weight is 281 g/mol. The highest BCUT2D eigenvalue weighted by atomic mass is 16.5. The van der Waals surface area contributed by atoms with Crippen LogP contribution in [0.2, 0.25) is 0 Å². The van der Waals surface area contributed by atoms with Crippen LogP contribution in [0.25, 0.3) is 0 Å². The van der Waals surface area contributed by atoms with E-state index >= 15 is 0 Å². The molecule has 0 aliphatic heterocycles. The minimum atomic E-state index is -0.688. The maximum absolute atomic E-state index is 11.4. The summed E-state index contributed by atoms with van der Waals surface area (Å²) in [6.07, 6.45) is -0.688. The lowest BCUT2D eigenvalue weighted by Crippen LogP contribution is -2.41. The second-order valence-corrected chi connectivity index (χ2v) is 4.61. The van der Waals surface area contributed by atoms with Crippen molar-refractivity contribution in [1.29, 1.82) is 0 Å². The zero-order chi connectivity index (χ0) is 15.0. The molecule has 2 atom stereocenters. The molecule has 2 N–H and O–H groups in total. The number of ether oxygens (including phenoxy) is 2. The summed E-state index contributed by atoms with van der Waals surface area (Å²) in [5.41, 5.74) is 1.02. The molecule has 0 aromatic heterocycles. The molecule has 0 aliphatic rings. The van der Waals surface area contributed by atoms with E-state index in [0.29, 0.717) is 6.61 Å². The minimum absolute atomic E-state index is 0.174. The van der Waals surface area contributed by atoms with E-state index < -0.39 is 12.1 Å². The summed E-state index contributed by atoms with van der Waals surface area (Å²) in [6.45, 7) is 6.20. The van der Waals surface area contributed by atoms with Gasteiger partial charge in [0.05, 0.1) is 6.61 Å². The quantitative estimate of drug-likeness (QED) is 0.703. The number of aliphatic hydroxyl groups excluding tert-OH is 1. The van der Waals surface area contributed by atoms with E-state index in [1.54, 1.807) is 13.8 Å². The Morgan fingerprint density at radius 3 is 2.75 bits per heavy atom. The molecule has 0 spiro atoms. The summed E-state index contributed by atoms with van der Waals surface area (Å²) in [5, 5.41) is 12.7. The summed E-state index contributed by atoms with van der Waals surface area (Å²) in [4.78, 5) is 11.4. The van der Waals surface area contributed by atoms with Gasteiger partial charge in [0.15, 0.2) is 0 Å². The fourth-order valence-corrected chi connectivity index (χ4v) is 1.63. The Kier molecular flexibility index (Phi) is 7.04. The van der Waals surface area contributed by atoms with Crippen molar-refractivity contribution in [2.75, 3.05) is 19.8 Å². The molecule has 0 saturated carbocycles. The Labute approximate surface area is 119 Å². The van der Waals surface area contributed by atoms with Gasteiger partial charge in [-0.1, -0.05) is 18.2 Å². The van der Waals surface area contributed by atoms with Gasteiger partial charge in [0.2, 0.25) is 0 Å². The summed E-state index contributed by atoms with van der Waals surface area (Å²) in [5.74, 6) is 0.435. The fraction of sp³-hybridized carbons (Fsp3) is 0.533. The molecule has 0 heterocycles. The van der Waals surface area contributed by atoms with Crippen LogP contribution >= 0.6 is 0 Å². The lowest BCUT2D eigenvalue weighted by Gasteiger charge is -2.17. The predicted molar refractivity (Wildman–Crippen MR) is 76.8 cm³/mol. The van der Waals surface area contributed by atoms with Crippen LogP contribution in [0, 0.1) is 6.92 Å². The van der Waals surface area contributed by atoms with Crippen LogP contribution in [-0.4, -0.2) is 43.0 Å². The van der Waals surface area contributed by atoms with E-state index in [1.807, 2.05) is 31.2 Å². The van der Waals surface area contributed by atoms with Crippen molar-refractivity contribution in [1.82, 2.24) is 5.32 Å². The third kappa shape index (κ3) is 5.59. The van der Waals surface area contributed by atoms with Crippen LogP contribution < -0.4 is 10.1 Å². The second-order valence-electron chi connectivity index (χ2n) is 4.61. The molecule has 1 aromatic carbocycles. The van der Waals surface area contributed by atoms with Gasteiger partial charge in [0.1, 0.15) is 24.5 Å². The number of hydrogen-bond donors (Lipinski definition) is 2. The monoisotopic (exact) mass is 281 g/mol. The Morgan fingerprint density at radius 2 is 2.10 bits per heavy atom. The normalized spacial score (nSPS) is 13.6. The number of para-hydroxylation sites is 1. The highest BCUT2D eigenvalue weighted by Crippen LogP contribution is 2.16. The zero-order valence-corrected chi connectivity index (χ0v) is 12.3. The number of aryl methyl sites for hydroxylation is 1. The van der Waals surface area contributed by atoms with Gasteiger partial charge in [-0.2, -0.15) is 0 Å². The molecule has 1 aromatic rings. The van der Waals surface area contributed by atoms with E-state index in [2.05, 4.69) is 5.32 Å². The van der Waals surface area contributed by atoms with Gasteiger partial charge in [0.25, 0.3) is 0 Å². The number of aliphatic hydroxyl groups is 1. The first-order valence-corrected chi connectivity index (χ1v) is 6.81. The van der Waals surface area contributed by atoms with Gasteiger partial charge in [-0.25, -0.2) is 0 Å². The number of nitrogens with one attached hydrogen (secondary N) is 1. The molecule has 5 heteroatoms. The van der Waals surface area contributed by atoms with Crippen LogP contribution in [-0.2, 0) is 9.53 Å². The van der Waals surface area contributed by atoms with Crippen molar-refractivity contribution < 1.29 is 19.4 Å². The van der Waals surface area contributed by atoms with E-state index in [0.717, 1.165) is 11.3 Å². The minimum Gasteiger partial charge on any atom is -0.491 e. The van der Waals surface area contributed by atoms with E-state index in [4.69, 9.17) is 9.47 Å². The van der Waals surface area contributed by atoms with E-state index in [9.17, 15) is 9.90 Å². The predicted octanol–water partition coefficient (Wildman–Crippen LogP) is 1.28. The molecular formula is C15H23NO4. The topological polar surface area (TPSA) is 67.8 Å². The van der Waals surface area contributed by atoms with Crippen LogP contribution in [0.4, 0.5) is 0 Å². The first-order chi connectivity index (χ1) is 9.54. The molecule has 5 nitrogen and oxygen atoms in total. The Morgan fingerprint density at radius 1 is 1.40 bits per heavy atom. The van der Waals surface area contributed by atoms with Gasteiger partial charge in [-0.3, -0.25) is 4.79 Å². The van der Waals surface area contributed by atoms with Crippen molar-refractivity contribution in [3.8, 4) is 5.75 Å². The number of benzene rings is 1. The maximum Gasteiger partial charge on any atom is 0.322 e. The maximum atomic E-state index is 11.4. The Balaban J connectivity index is 2.29. The van der Waals surface area contributed by atoms with Crippen LogP contribution in [0.1, 0.15) is 19.4 Å². The highest BCUT2D eigenvalue weighted by molar-refractivity contribution is 5.75. The van der Waals surface area contributed by atoms with E-state index in [-0.39, 0.29) is 19.1 Å². The van der Waals surface area contributed by atoms with E-state index in [1.165, 1.54) is 0 Å². The lowest BCUT2D eigenvalue weighted by atomic mass is 10.2. The average Bonchev–Trinajstić information content (AvgIpc) is 2.44. The molecule has 112 valence electrons. The highest BCUT2D eigenvalue weighted by Gasteiger charge is 2.15. The van der Waals surface area contributed by atoms with Crippen molar-refractivity contribution >= 4 is 5.97 Å². The zero-order valence-electron chi connectivity index (χ0n) is 12.3. The van der Waals surface area contributed by atoms with Gasteiger partial charge >= 0.3 is 5.97 Å². The second kappa shape index (κ2) is 8.55. The van der Waals surface area contributed by atoms with Crippen LogP contribution in [0.5, 0.6) is 5.75 Å². The number of carbonyl (C=O) groups excluding carboxylic acids is 1. The van der Waals surface area contributed by atoms with Gasteiger partial charge in [0, 0.05) is 6.54 Å². The molecule has 0 fully saturated rings. The summed E-state index contributed by atoms with van der Waals surface area (Å²) < 4.78 is 10.4. The summed E-state index contributed by atoms with van der Waals surface area (Å²) in [6, 6.07) is 7.18. The fourth-order valence-electron chi connectivity index (χ4n) is 1.63. The Bertz CT molecular complexity index is 422. The van der Waals surface area contributed by atoms with Crippen molar-refractivity contribution in [2.45, 2.75) is 32.9 Å². The third-order valence-electron chi connectivity index (χ3n) is 2.82. The molecule has 0 bridgehead atoms. The molecule has 0 amide bonds. The SMILES string of the molecule is CCOC(=O)C(C)NCC(O)COc1ccccc1C. The molecule has 0 radical (unpaired) electrons. The number of carbonyl (C=O) groups is 1. The van der Waals surface area contributed by atoms with Crippen molar-refractivity contribution in [3.05, 3.63) is 29.8 Å². The molecular weight excluding hydrogens is 258 g/mol. The number of rotatable bonds is 8. The van der Waals surface area contributed by atoms with Crippen molar-refractivity contribution in [2.24, 2.45) is 0 Å². The smallest absolute Gasteiger partial charge is 0.322 e. The molecule has 2 unspecified atom stereocenters. The van der Waals surface area contributed by atoms with Gasteiger partial charge in [-0.05, 0) is 32.4 Å². The largest absolute Gasteiger partial charge is 0.491 e. The first kappa shape index (κ1) is 16.5. The van der Waals surface area contributed by atoms with Gasteiger partial charge in [-0.15, -0.1) is 0 Å². The summed E-state index contributed by atoms with van der Waals surface area (Å²) >= 11 is 0. The molecule has 0 aliphatic carbocycles. The molecule has 1 rings (SSSR count). The first-order valence-electron chi connectivity index (χ1n) is 6.81. The third-order valence-corrected chi connectivity index (χ3v) is 2.82. The Hall–Kier alpha value is -1.59. The number of hydrogen-bond acceptors (Lipinski definition) is 5. The standard InChI is InChI=1S/C15H23NO4/c1-4-19-15(18)12(3)16-9-13(17)10-20-14-8-6-5-7-11(14)2/h5-8,12-13,16-17H,4,9-10H2,1-3H3. The number of esters is 1. The summed E-state index contributed by atoms with van der Waals surface area (Å²) in [7, 11) is 0. The van der Waals surface area contributed by atoms with Crippen LogP contribution in [0.3, 0.4) is 0 Å². The van der Waals surface area contributed by atoms with Gasteiger partial charge < -0.3 is 19.9 Å². The van der Waals surface area contributed by atoms with Crippen molar-refractivity contribution in [3.63, 3.8) is 0 Å².